The molecule has 0 spiro atoms. The number of ether oxygens (including phenoxy) is 1. The van der Waals surface area contributed by atoms with E-state index in [9.17, 15) is 0 Å². The summed E-state index contributed by atoms with van der Waals surface area (Å²) < 4.78 is 11.1. The van der Waals surface area contributed by atoms with Crippen LogP contribution in [0.1, 0.15) is 37.2 Å². The zero-order chi connectivity index (χ0) is 13.9. The van der Waals surface area contributed by atoms with E-state index in [1.54, 1.807) is 0 Å². The lowest BCUT2D eigenvalue weighted by Crippen LogP contribution is -2.19. The molecule has 0 saturated carbocycles. The first-order chi connectivity index (χ1) is 9.72. The Morgan fingerprint density at radius 1 is 1.35 bits per heavy atom. The molecule has 20 heavy (non-hydrogen) atoms. The number of para-hydroxylation sites is 1. The fourth-order valence-electron chi connectivity index (χ4n) is 2.26. The van der Waals surface area contributed by atoms with E-state index < -0.39 is 0 Å². The van der Waals surface area contributed by atoms with E-state index >= 15 is 0 Å². The molecule has 0 bridgehead atoms. The standard InChI is InChI=1S/C15H19N3O2/c1-10(2)8-16-9-14-17-15(18-20-14)13-7-11-5-3-4-6-12(11)19-13/h3-6,10,13,16H,7-9H2,1-2H3. The summed E-state index contributed by atoms with van der Waals surface area (Å²) in [4.78, 5) is 4.41. The molecule has 3 rings (SSSR count). The molecule has 0 amide bonds. The van der Waals surface area contributed by atoms with Gasteiger partial charge < -0.3 is 14.6 Å². The van der Waals surface area contributed by atoms with Crippen LogP contribution < -0.4 is 10.1 Å². The van der Waals surface area contributed by atoms with Crippen molar-refractivity contribution in [2.24, 2.45) is 5.92 Å². The van der Waals surface area contributed by atoms with Gasteiger partial charge in [-0.1, -0.05) is 37.2 Å². The normalized spacial score (nSPS) is 17.2. The van der Waals surface area contributed by atoms with E-state index in [-0.39, 0.29) is 6.10 Å². The lowest BCUT2D eigenvalue weighted by Gasteiger charge is -2.05. The van der Waals surface area contributed by atoms with Gasteiger partial charge in [-0.05, 0) is 24.1 Å². The average Bonchev–Trinajstić information content (AvgIpc) is 3.03. The van der Waals surface area contributed by atoms with E-state index in [0.29, 0.717) is 24.2 Å². The molecule has 106 valence electrons. The Hall–Kier alpha value is -1.88. The van der Waals surface area contributed by atoms with Gasteiger partial charge >= 0.3 is 0 Å². The van der Waals surface area contributed by atoms with Crippen LogP contribution in [-0.2, 0) is 13.0 Å². The number of hydrogen-bond acceptors (Lipinski definition) is 5. The lowest BCUT2D eigenvalue weighted by atomic mass is 10.1. The van der Waals surface area contributed by atoms with Crippen LogP contribution in [0.25, 0.3) is 0 Å². The molecule has 1 atom stereocenters. The second-order valence-electron chi connectivity index (χ2n) is 5.49. The highest BCUT2D eigenvalue weighted by Crippen LogP contribution is 2.35. The third-order valence-electron chi connectivity index (χ3n) is 3.25. The van der Waals surface area contributed by atoms with E-state index in [1.807, 2.05) is 18.2 Å². The van der Waals surface area contributed by atoms with Gasteiger partial charge in [-0.3, -0.25) is 0 Å². The van der Waals surface area contributed by atoms with Crippen molar-refractivity contribution in [3.63, 3.8) is 0 Å². The van der Waals surface area contributed by atoms with Crippen LogP contribution in [0.2, 0.25) is 0 Å². The Balaban J connectivity index is 1.61. The largest absolute Gasteiger partial charge is 0.482 e. The molecule has 1 unspecified atom stereocenters. The third kappa shape index (κ3) is 2.82. The molecule has 1 aliphatic heterocycles. The van der Waals surface area contributed by atoms with Crippen molar-refractivity contribution in [3.05, 3.63) is 41.5 Å². The molecule has 2 aromatic rings. The van der Waals surface area contributed by atoms with Crippen LogP contribution in [0.3, 0.4) is 0 Å². The molecule has 0 radical (unpaired) electrons. The minimum atomic E-state index is -0.130. The average molecular weight is 273 g/mol. The summed E-state index contributed by atoms with van der Waals surface area (Å²) in [6, 6.07) is 8.03. The minimum absolute atomic E-state index is 0.130. The van der Waals surface area contributed by atoms with Crippen LogP contribution in [0.4, 0.5) is 0 Å². The smallest absolute Gasteiger partial charge is 0.240 e. The fraction of sp³-hybridized carbons (Fsp3) is 0.467. The summed E-state index contributed by atoms with van der Waals surface area (Å²) in [5.74, 6) is 2.76. The van der Waals surface area contributed by atoms with E-state index in [4.69, 9.17) is 9.26 Å². The molecular weight excluding hydrogens is 254 g/mol. The summed E-state index contributed by atoms with van der Waals surface area (Å²) in [6.45, 7) is 5.86. The van der Waals surface area contributed by atoms with Crippen LogP contribution in [0.15, 0.2) is 28.8 Å². The number of hydrogen-bond donors (Lipinski definition) is 1. The Labute approximate surface area is 118 Å². The molecule has 0 fully saturated rings. The Bertz CT molecular complexity index is 555. The number of rotatable bonds is 5. The zero-order valence-corrected chi connectivity index (χ0v) is 11.8. The molecule has 0 saturated heterocycles. The maximum Gasteiger partial charge on any atom is 0.240 e. The SMILES string of the molecule is CC(C)CNCc1nc(C2Cc3ccccc3O2)no1. The molecule has 2 heterocycles. The van der Waals surface area contributed by atoms with E-state index in [1.165, 1.54) is 5.56 Å². The van der Waals surface area contributed by atoms with Crippen LogP contribution in [-0.4, -0.2) is 16.7 Å². The summed E-state index contributed by atoms with van der Waals surface area (Å²) in [5, 5.41) is 7.31. The van der Waals surface area contributed by atoms with Crippen LogP contribution in [0.5, 0.6) is 5.75 Å². The Morgan fingerprint density at radius 3 is 3.00 bits per heavy atom. The molecule has 5 heteroatoms. The van der Waals surface area contributed by atoms with Crippen molar-refractivity contribution in [1.29, 1.82) is 0 Å². The summed E-state index contributed by atoms with van der Waals surface area (Å²) in [5.41, 5.74) is 1.20. The Morgan fingerprint density at radius 2 is 2.20 bits per heavy atom. The fourth-order valence-corrected chi connectivity index (χ4v) is 2.26. The van der Waals surface area contributed by atoms with Gasteiger partial charge in [-0.15, -0.1) is 0 Å². The maximum absolute atomic E-state index is 5.84. The van der Waals surface area contributed by atoms with Crippen molar-refractivity contribution in [2.45, 2.75) is 32.9 Å². The van der Waals surface area contributed by atoms with Crippen molar-refractivity contribution < 1.29 is 9.26 Å². The monoisotopic (exact) mass is 273 g/mol. The van der Waals surface area contributed by atoms with Crippen LogP contribution in [0, 0.1) is 5.92 Å². The highest BCUT2D eigenvalue weighted by Gasteiger charge is 2.28. The summed E-state index contributed by atoms with van der Waals surface area (Å²) in [7, 11) is 0. The maximum atomic E-state index is 5.84. The van der Waals surface area contributed by atoms with Gasteiger partial charge in [-0.25, -0.2) is 0 Å². The zero-order valence-electron chi connectivity index (χ0n) is 11.8. The molecule has 0 aliphatic carbocycles. The van der Waals surface area contributed by atoms with Gasteiger partial charge in [0.05, 0.1) is 6.54 Å². The highest BCUT2D eigenvalue weighted by atomic mass is 16.5. The molecule has 5 nitrogen and oxygen atoms in total. The Kier molecular flexibility index (Phi) is 3.69. The molecule has 1 aromatic carbocycles. The van der Waals surface area contributed by atoms with Gasteiger partial charge in [0, 0.05) is 6.42 Å². The second-order valence-corrected chi connectivity index (χ2v) is 5.49. The number of nitrogens with one attached hydrogen (secondary N) is 1. The number of fused-ring (bicyclic) bond motifs is 1. The first-order valence-corrected chi connectivity index (χ1v) is 7.00. The number of nitrogens with zero attached hydrogens (tertiary/aromatic N) is 2. The van der Waals surface area contributed by atoms with Gasteiger partial charge in [0.15, 0.2) is 6.10 Å². The highest BCUT2D eigenvalue weighted by molar-refractivity contribution is 5.37. The van der Waals surface area contributed by atoms with Crippen molar-refractivity contribution in [3.8, 4) is 5.75 Å². The van der Waals surface area contributed by atoms with Gasteiger partial charge in [0.1, 0.15) is 5.75 Å². The predicted molar refractivity (Wildman–Crippen MR) is 74.4 cm³/mol. The van der Waals surface area contributed by atoms with Gasteiger partial charge in [-0.2, -0.15) is 4.98 Å². The van der Waals surface area contributed by atoms with Gasteiger partial charge in [0.2, 0.25) is 11.7 Å². The number of aromatic nitrogens is 2. The second kappa shape index (κ2) is 5.63. The quantitative estimate of drug-likeness (QED) is 0.907. The van der Waals surface area contributed by atoms with E-state index in [0.717, 1.165) is 18.7 Å². The van der Waals surface area contributed by atoms with Crippen molar-refractivity contribution in [1.82, 2.24) is 15.5 Å². The van der Waals surface area contributed by atoms with Gasteiger partial charge in [0.25, 0.3) is 0 Å². The topological polar surface area (TPSA) is 60.2 Å². The van der Waals surface area contributed by atoms with Crippen LogP contribution >= 0.6 is 0 Å². The lowest BCUT2D eigenvalue weighted by molar-refractivity contribution is 0.221. The molecule has 1 aromatic heterocycles. The first-order valence-electron chi connectivity index (χ1n) is 7.00. The summed E-state index contributed by atoms with van der Waals surface area (Å²) in [6.07, 6.45) is 0.671. The van der Waals surface area contributed by atoms with E-state index in [2.05, 4.69) is 35.4 Å². The predicted octanol–water partition coefficient (Wildman–Crippen LogP) is 2.49. The van der Waals surface area contributed by atoms with Crippen molar-refractivity contribution in [2.75, 3.05) is 6.54 Å². The molecular formula is C15H19N3O2. The summed E-state index contributed by atoms with van der Waals surface area (Å²) >= 11 is 0. The van der Waals surface area contributed by atoms with Crippen molar-refractivity contribution >= 4 is 0 Å². The minimum Gasteiger partial charge on any atom is -0.482 e. The third-order valence-corrected chi connectivity index (χ3v) is 3.25. The molecule has 1 aliphatic rings. The number of benzene rings is 1. The first kappa shape index (κ1) is 13.1. The molecule has 1 N–H and O–H groups in total.